The highest BCUT2D eigenvalue weighted by Crippen LogP contribution is 2.32. The van der Waals surface area contributed by atoms with E-state index in [4.69, 9.17) is 4.74 Å². The van der Waals surface area contributed by atoms with E-state index in [1.807, 2.05) is 26.2 Å². The van der Waals surface area contributed by atoms with Gasteiger partial charge in [0.1, 0.15) is 0 Å². The number of rotatable bonds is 5. The maximum atomic E-state index is 12.5. The summed E-state index contributed by atoms with van der Waals surface area (Å²) in [7, 11) is 1.34. The minimum absolute atomic E-state index is 0.100. The van der Waals surface area contributed by atoms with E-state index in [2.05, 4.69) is 22.4 Å². The molecule has 0 bridgehead atoms. The quantitative estimate of drug-likeness (QED) is 0.488. The van der Waals surface area contributed by atoms with E-state index < -0.39 is 10.8 Å². The molecule has 0 aliphatic carbocycles. The molecule has 3 aromatic rings. The number of carbonyl (C=O) groups is 1. The van der Waals surface area contributed by atoms with Gasteiger partial charge in [0.25, 0.3) is 5.91 Å². The summed E-state index contributed by atoms with van der Waals surface area (Å²) in [5.74, 6) is -0.368. The molecule has 0 spiro atoms. The van der Waals surface area contributed by atoms with Crippen LogP contribution in [0.5, 0.6) is 5.75 Å². The van der Waals surface area contributed by atoms with Gasteiger partial charge in [-0.15, -0.1) is 11.3 Å². The lowest BCUT2D eigenvalue weighted by Gasteiger charge is -2.08. The normalized spacial score (nSPS) is 10.6. The molecule has 2 aromatic carbocycles. The summed E-state index contributed by atoms with van der Waals surface area (Å²) in [5, 5.41) is 16.2. The molecule has 0 radical (unpaired) electrons. The van der Waals surface area contributed by atoms with Crippen LogP contribution < -0.4 is 10.1 Å². The van der Waals surface area contributed by atoms with Crippen molar-refractivity contribution in [3.05, 3.63) is 68.1 Å². The zero-order chi connectivity index (χ0) is 20.4. The molecule has 3 rings (SSSR count). The Morgan fingerprint density at radius 3 is 2.46 bits per heavy atom. The Morgan fingerprint density at radius 2 is 1.86 bits per heavy atom. The van der Waals surface area contributed by atoms with Gasteiger partial charge in [0.05, 0.1) is 17.7 Å². The Morgan fingerprint density at radius 1 is 1.18 bits per heavy atom. The lowest BCUT2D eigenvalue weighted by Crippen LogP contribution is -2.12. The minimum Gasteiger partial charge on any atom is -0.490 e. The van der Waals surface area contributed by atoms with E-state index in [1.54, 1.807) is 0 Å². The number of aromatic nitrogens is 1. The first kappa shape index (κ1) is 19.5. The van der Waals surface area contributed by atoms with E-state index in [0.29, 0.717) is 5.13 Å². The summed E-state index contributed by atoms with van der Waals surface area (Å²) in [6.07, 6.45) is 0. The number of thiazole rings is 1. The van der Waals surface area contributed by atoms with Gasteiger partial charge in [-0.25, -0.2) is 4.98 Å². The highest BCUT2D eigenvalue weighted by atomic mass is 32.1. The molecule has 0 unspecified atom stereocenters. The molecule has 0 saturated carbocycles. The fraction of sp³-hybridized carbons (Fsp3) is 0.200. The second kappa shape index (κ2) is 7.77. The van der Waals surface area contributed by atoms with Crippen LogP contribution in [0.3, 0.4) is 0 Å². The summed E-state index contributed by atoms with van der Waals surface area (Å²) >= 11 is 1.31. The Hall–Kier alpha value is -3.26. The number of aryl methyl sites for hydroxylation is 3. The van der Waals surface area contributed by atoms with Crippen LogP contribution in [0.15, 0.2) is 35.7 Å². The number of nitrogens with zero attached hydrogens (tertiary/aromatic N) is 2. The van der Waals surface area contributed by atoms with Crippen molar-refractivity contribution in [3.63, 3.8) is 0 Å². The maximum Gasteiger partial charge on any atom is 0.311 e. The third kappa shape index (κ3) is 3.86. The number of carbonyl (C=O) groups excluding carboxylic acids is 1. The largest absolute Gasteiger partial charge is 0.490 e. The summed E-state index contributed by atoms with van der Waals surface area (Å²) < 4.78 is 4.96. The number of nitro benzene ring substituents is 1. The number of anilines is 1. The van der Waals surface area contributed by atoms with Gasteiger partial charge in [0.15, 0.2) is 10.9 Å². The van der Waals surface area contributed by atoms with E-state index in [-0.39, 0.29) is 17.0 Å². The van der Waals surface area contributed by atoms with Crippen molar-refractivity contribution in [2.75, 3.05) is 12.4 Å². The van der Waals surface area contributed by atoms with Gasteiger partial charge in [-0.1, -0.05) is 17.7 Å². The van der Waals surface area contributed by atoms with Crippen molar-refractivity contribution in [3.8, 4) is 17.0 Å². The number of hydrogen-bond donors (Lipinski definition) is 1. The number of benzene rings is 2. The highest BCUT2D eigenvalue weighted by Gasteiger charge is 2.19. The standard InChI is InChI=1S/C20H19N3O4S/c1-11-7-12(2)18(13(3)8-11)15-10-28-20(21-15)22-19(24)14-5-6-17(27-4)16(9-14)23(25)26/h5-10H,1-4H3,(H,21,22,24). The van der Waals surface area contributed by atoms with Gasteiger partial charge in [0, 0.05) is 22.6 Å². The van der Waals surface area contributed by atoms with Crippen molar-refractivity contribution in [2.24, 2.45) is 0 Å². The lowest BCUT2D eigenvalue weighted by molar-refractivity contribution is -0.385. The molecule has 1 amide bonds. The fourth-order valence-corrected chi connectivity index (χ4v) is 3.87. The molecule has 7 nitrogen and oxygen atoms in total. The summed E-state index contributed by atoms with van der Waals surface area (Å²) in [4.78, 5) is 27.6. The number of methoxy groups -OCH3 is 1. The molecule has 1 heterocycles. The minimum atomic E-state index is -0.583. The third-order valence-corrected chi connectivity index (χ3v) is 5.05. The van der Waals surface area contributed by atoms with Crippen LogP contribution in [-0.2, 0) is 0 Å². The summed E-state index contributed by atoms with van der Waals surface area (Å²) in [6, 6.07) is 8.26. The van der Waals surface area contributed by atoms with Crippen molar-refractivity contribution in [1.82, 2.24) is 4.98 Å². The molecule has 0 atom stereocenters. The predicted octanol–water partition coefficient (Wildman–Crippen LogP) is 4.90. The highest BCUT2D eigenvalue weighted by molar-refractivity contribution is 7.14. The third-order valence-electron chi connectivity index (χ3n) is 4.30. The van der Waals surface area contributed by atoms with Gasteiger partial charge in [-0.05, 0) is 44.0 Å². The van der Waals surface area contributed by atoms with Gasteiger partial charge in [0.2, 0.25) is 0 Å². The monoisotopic (exact) mass is 397 g/mol. The van der Waals surface area contributed by atoms with Crippen LogP contribution in [0, 0.1) is 30.9 Å². The van der Waals surface area contributed by atoms with Crippen molar-refractivity contribution < 1.29 is 14.5 Å². The first-order chi connectivity index (χ1) is 13.3. The molecule has 0 saturated heterocycles. The fourth-order valence-electron chi connectivity index (χ4n) is 3.17. The number of hydrogen-bond acceptors (Lipinski definition) is 6. The first-order valence-electron chi connectivity index (χ1n) is 8.47. The molecule has 28 heavy (non-hydrogen) atoms. The second-order valence-corrected chi connectivity index (χ2v) is 7.27. The summed E-state index contributed by atoms with van der Waals surface area (Å²) in [6.45, 7) is 6.11. The van der Waals surface area contributed by atoms with Gasteiger partial charge in [-0.2, -0.15) is 0 Å². The van der Waals surface area contributed by atoms with Crippen LogP contribution in [0.1, 0.15) is 27.0 Å². The smallest absolute Gasteiger partial charge is 0.311 e. The number of nitro groups is 1. The Kier molecular flexibility index (Phi) is 5.41. The molecule has 0 fully saturated rings. The molecule has 0 aliphatic rings. The van der Waals surface area contributed by atoms with Gasteiger partial charge >= 0.3 is 5.69 Å². The molecule has 1 aromatic heterocycles. The predicted molar refractivity (Wildman–Crippen MR) is 109 cm³/mol. The van der Waals surface area contributed by atoms with Crippen molar-refractivity contribution >= 4 is 28.1 Å². The average Bonchev–Trinajstić information content (AvgIpc) is 3.08. The van der Waals surface area contributed by atoms with Crippen LogP contribution in [0.2, 0.25) is 0 Å². The van der Waals surface area contributed by atoms with Gasteiger partial charge < -0.3 is 4.74 Å². The Balaban J connectivity index is 1.85. The number of ether oxygens (including phenoxy) is 1. The Labute approximate surface area is 166 Å². The Bertz CT molecular complexity index is 1050. The van der Waals surface area contributed by atoms with E-state index >= 15 is 0 Å². The lowest BCUT2D eigenvalue weighted by atomic mass is 9.98. The van der Waals surface area contributed by atoms with E-state index in [0.717, 1.165) is 22.4 Å². The van der Waals surface area contributed by atoms with Crippen LogP contribution in [0.4, 0.5) is 10.8 Å². The van der Waals surface area contributed by atoms with Crippen LogP contribution in [-0.4, -0.2) is 22.9 Å². The number of nitrogens with one attached hydrogen (secondary N) is 1. The zero-order valence-corrected chi connectivity index (χ0v) is 16.7. The second-order valence-electron chi connectivity index (χ2n) is 6.41. The molecule has 144 valence electrons. The first-order valence-corrected chi connectivity index (χ1v) is 9.35. The number of amides is 1. The summed E-state index contributed by atoms with van der Waals surface area (Å²) in [5.41, 5.74) is 5.15. The van der Waals surface area contributed by atoms with E-state index in [1.165, 1.54) is 42.2 Å². The maximum absolute atomic E-state index is 12.5. The molecule has 0 aliphatic heterocycles. The SMILES string of the molecule is COc1ccc(C(=O)Nc2nc(-c3c(C)cc(C)cc3C)cs2)cc1[N+](=O)[O-]. The molecular formula is C20H19N3O4S. The van der Waals surface area contributed by atoms with Crippen molar-refractivity contribution in [1.29, 1.82) is 0 Å². The van der Waals surface area contributed by atoms with E-state index in [9.17, 15) is 14.9 Å². The molecule has 8 heteroatoms. The van der Waals surface area contributed by atoms with Crippen LogP contribution >= 0.6 is 11.3 Å². The zero-order valence-electron chi connectivity index (χ0n) is 15.9. The molecular weight excluding hydrogens is 378 g/mol. The van der Waals surface area contributed by atoms with Crippen molar-refractivity contribution in [2.45, 2.75) is 20.8 Å². The average molecular weight is 397 g/mol. The van der Waals surface area contributed by atoms with Crippen LogP contribution in [0.25, 0.3) is 11.3 Å². The molecule has 1 N–H and O–H groups in total. The van der Waals surface area contributed by atoms with Gasteiger partial charge in [-0.3, -0.25) is 20.2 Å². The topological polar surface area (TPSA) is 94.4 Å².